The zero-order valence-electron chi connectivity index (χ0n) is 9.83. The molecule has 0 atom stereocenters. The molecule has 16 heavy (non-hydrogen) atoms. The first-order chi connectivity index (χ1) is 7.37. The Labute approximate surface area is 95.3 Å². The van der Waals surface area contributed by atoms with E-state index in [0.717, 1.165) is 6.07 Å². The van der Waals surface area contributed by atoms with Crippen LogP contribution in [0.15, 0.2) is 12.1 Å². The van der Waals surface area contributed by atoms with Crippen molar-refractivity contribution in [2.45, 2.75) is 19.6 Å². The van der Waals surface area contributed by atoms with E-state index in [-0.39, 0.29) is 17.1 Å². The lowest BCUT2D eigenvalue weighted by molar-refractivity contribution is 0.112. The molecule has 0 fully saturated rings. The van der Waals surface area contributed by atoms with Crippen LogP contribution in [0.2, 0.25) is 19.6 Å². The smallest absolute Gasteiger partial charge is 0.242 e. The summed E-state index contributed by atoms with van der Waals surface area (Å²) in [4.78, 5) is 10.6. The molecule has 1 aromatic rings. The van der Waals surface area contributed by atoms with E-state index in [2.05, 4.69) is 0 Å². The summed E-state index contributed by atoms with van der Waals surface area (Å²) in [6.45, 7) is 5.83. The van der Waals surface area contributed by atoms with Crippen molar-refractivity contribution >= 4 is 14.6 Å². The average molecular weight is 242 g/mol. The third-order valence-electron chi connectivity index (χ3n) is 1.80. The predicted octanol–water partition coefficient (Wildman–Crippen LogP) is 2.86. The summed E-state index contributed by atoms with van der Waals surface area (Å²) >= 11 is 0. The Morgan fingerprint density at radius 3 is 2.38 bits per heavy atom. The quantitative estimate of drug-likeness (QED) is 0.601. The van der Waals surface area contributed by atoms with Gasteiger partial charge in [-0.3, -0.25) is 4.79 Å². The zero-order valence-corrected chi connectivity index (χ0v) is 10.8. The van der Waals surface area contributed by atoms with Crippen molar-refractivity contribution < 1.29 is 18.3 Å². The third kappa shape index (κ3) is 3.06. The van der Waals surface area contributed by atoms with E-state index in [4.69, 9.17) is 9.16 Å². The highest BCUT2D eigenvalue weighted by molar-refractivity contribution is 6.70. The molecule has 0 radical (unpaired) electrons. The second-order valence-corrected chi connectivity index (χ2v) is 8.80. The van der Waals surface area contributed by atoms with Crippen molar-refractivity contribution in [1.82, 2.24) is 0 Å². The van der Waals surface area contributed by atoms with Crippen LogP contribution >= 0.6 is 0 Å². The summed E-state index contributed by atoms with van der Waals surface area (Å²) in [6, 6.07) is 2.61. The van der Waals surface area contributed by atoms with Gasteiger partial charge in [0.2, 0.25) is 8.32 Å². The number of hydrogen-bond donors (Lipinski definition) is 0. The first-order valence-electron chi connectivity index (χ1n) is 4.89. The van der Waals surface area contributed by atoms with Crippen molar-refractivity contribution in [3.05, 3.63) is 23.5 Å². The molecule has 0 heterocycles. The summed E-state index contributed by atoms with van der Waals surface area (Å²) < 4.78 is 24.3. The minimum atomic E-state index is -1.91. The Morgan fingerprint density at radius 1 is 1.31 bits per heavy atom. The standard InChI is InChI=1S/C11H15FO3Si/c1-14-10-6-8(7-13)5-9(12)11(10)15-16(2,3)4/h5-7H,1-4H3. The van der Waals surface area contributed by atoms with E-state index >= 15 is 0 Å². The molecule has 0 unspecified atom stereocenters. The predicted molar refractivity (Wildman–Crippen MR) is 62.3 cm³/mol. The molecule has 5 heteroatoms. The van der Waals surface area contributed by atoms with Gasteiger partial charge in [-0.15, -0.1) is 0 Å². The fourth-order valence-electron chi connectivity index (χ4n) is 1.21. The van der Waals surface area contributed by atoms with Gasteiger partial charge in [0, 0.05) is 5.56 Å². The van der Waals surface area contributed by atoms with E-state index in [1.54, 1.807) is 0 Å². The Morgan fingerprint density at radius 2 is 1.94 bits per heavy atom. The maximum absolute atomic E-state index is 13.7. The summed E-state index contributed by atoms with van der Waals surface area (Å²) in [5.41, 5.74) is 0.234. The van der Waals surface area contributed by atoms with Crippen molar-refractivity contribution in [2.24, 2.45) is 0 Å². The van der Waals surface area contributed by atoms with Gasteiger partial charge in [-0.1, -0.05) is 0 Å². The number of ether oxygens (including phenoxy) is 1. The van der Waals surface area contributed by atoms with Gasteiger partial charge < -0.3 is 9.16 Å². The minimum Gasteiger partial charge on any atom is -0.540 e. The van der Waals surface area contributed by atoms with Crippen LogP contribution in [-0.2, 0) is 0 Å². The van der Waals surface area contributed by atoms with Crippen molar-refractivity contribution in [2.75, 3.05) is 7.11 Å². The maximum atomic E-state index is 13.7. The molecule has 0 spiro atoms. The van der Waals surface area contributed by atoms with Crippen LogP contribution in [0.3, 0.4) is 0 Å². The summed E-state index contributed by atoms with van der Waals surface area (Å²) in [5.74, 6) is -0.222. The molecule has 0 aliphatic carbocycles. The Balaban J connectivity index is 3.21. The molecular weight excluding hydrogens is 227 g/mol. The van der Waals surface area contributed by atoms with Gasteiger partial charge >= 0.3 is 0 Å². The van der Waals surface area contributed by atoms with Gasteiger partial charge in [-0.2, -0.15) is 0 Å². The molecule has 0 saturated carbocycles. The summed E-state index contributed by atoms with van der Waals surface area (Å²) in [7, 11) is -0.496. The molecule has 0 amide bonds. The molecule has 3 nitrogen and oxygen atoms in total. The number of carbonyl (C=O) groups excluding carboxylic acids is 1. The van der Waals surface area contributed by atoms with Crippen molar-refractivity contribution in [3.8, 4) is 11.5 Å². The molecule has 1 rings (SSSR count). The van der Waals surface area contributed by atoms with Crippen LogP contribution in [0.4, 0.5) is 4.39 Å². The normalized spacial score (nSPS) is 11.1. The molecule has 0 aliphatic rings. The lowest BCUT2D eigenvalue weighted by Gasteiger charge is -2.21. The van der Waals surface area contributed by atoms with Gasteiger partial charge in [0.25, 0.3) is 0 Å². The summed E-state index contributed by atoms with van der Waals surface area (Å²) in [6.07, 6.45) is 0.573. The lowest BCUT2D eigenvalue weighted by Crippen LogP contribution is -2.30. The van der Waals surface area contributed by atoms with Crippen LogP contribution < -0.4 is 9.16 Å². The van der Waals surface area contributed by atoms with Crippen LogP contribution in [0.5, 0.6) is 11.5 Å². The highest BCUT2D eigenvalue weighted by Gasteiger charge is 2.22. The van der Waals surface area contributed by atoms with Gasteiger partial charge in [0.05, 0.1) is 7.11 Å². The number of benzene rings is 1. The van der Waals surface area contributed by atoms with Crippen LogP contribution in [0.25, 0.3) is 0 Å². The Kier molecular flexibility index (Phi) is 3.69. The fraction of sp³-hybridized carbons (Fsp3) is 0.364. The SMILES string of the molecule is COc1cc(C=O)cc(F)c1O[Si](C)(C)C. The lowest BCUT2D eigenvalue weighted by atomic mass is 10.2. The van der Waals surface area contributed by atoms with Crippen molar-refractivity contribution in [1.29, 1.82) is 0 Å². The monoisotopic (exact) mass is 242 g/mol. The molecule has 0 bridgehead atoms. The van der Waals surface area contributed by atoms with Gasteiger partial charge in [-0.05, 0) is 31.8 Å². The number of aldehydes is 1. The number of methoxy groups -OCH3 is 1. The zero-order chi connectivity index (χ0) is 12.3. The Hall–Kier alpha value is -1.36. The Bertz CT molecular complexity index is 399. The second-order valence-electron chi connectivity index (χ2n) is 4.37. The van der Waals surface area contributed by atoms with Crippen molar-refractivity contribution in [3.63, 3.8) is 0 Å². The highest BCUT2D eigenvalue weighted by Crippen LogP contribution is 2.33. The minimum absolute atomic E-state index is 0.0901. The topological polar surface area (TPSA) is 35.5 Å². The molecular formula is C11H15FO3Si. The molecule has 0 saturated heterocycles. The van der Waals surface area contributed by atoms with Crippen LogP contribution in [0, 0.1) is 5.82 Å². The van der Waals surface area contributed by atoms with Gasteiger partial charge in [0.15, 0.2) is 17.3 Å². The van der Waals surface area contributed by atoms with E-state index in [9.17, 15) is 9.18 Å². The van der Waals surface area contributed by atoms with E-state index in [0.29, 0.717) is 6.29 Å². The second kappa shape index (κ2) is 4.65. The molecule has 0 N–H and O–H groups in total. The molecule has 0 aromatic heterocycles. The first kappa shape index (κ1) is 12.7. The number of halogens is 1. The third-order valence-corrected chi connectivity index (χ3v) is 2.61. The summed E-state index contributed by atoms with van der Waals surface area (Å²) in [5, 5.41) is 0. The number of rotatable bonds is 4. The number of hydrogen-bond acceptors (Lipinski definition) is 3. The van der Waals surface area contributed by atoms with Crippen LogP contribution in [-0.4, -0.2) is 21.7 Å². The van der Waals surface area contributed by atoms with E-state index in [1.807, 2.05) is 19.6 Å². The van der Waals surface area contributed by atoms with E-state index in [1.165, 1.54) is 13.2 Å². The molecule has 88 valence electrons. The van der Waals surface area contributed by atoms with Gasteiger partial charge in [-0.25, -0.2) is 4.39 Å². The first-order valence-corrected chi connectivity index (χ1v) is 8.30. The van der Waals surface area contributed by atoms with E-state index < -0.39 is 14.1 Å². The van der Waals surface area contributed by atoms with Crippen LogP contribution in [0.1, 0.15) is 10.4 Å². The van der Waals surface area contributed by atoms with Gasteiger partial charge in [0.1, 0.15) is 6.29 Å². The average Bonchev–Trinajstić information content (AvgIpc) is 2.19. The largest absolute Gasteiger partial charge is 0.540 e. The molecule has 1 aromatic carbocycles. The molecule has 0 aliphatic heterocycles. The fourth-order valence-corrected chi connectivity index (χ4v) is 2.02. The maximum Gasteiger partial charge on any atom is 0.242 e. The number of carbonyl (C=O) groups is 1. The highest BCUT2D eigenvalue weighted by atomic mass is 28.4.